The van der Waals surface area contributed by atoms with Crippen molar-refractivity contribution in [3.63, 3.8) is 0 Å². The predicted molar refractivity (Wildman–Crippen MR) is 96.1 cm³/mol. The van der Waals surface area contributed by atoms with Crippen LogP contribution in [0.4, 0.5) is 15.8 Å². The SMILES string of the molecule is Cc1ccc(CC(=O)Nc2ccc(N3C(=O)CC[C@@H]3C)cc2)cc1F. The van der Waals surface area contributed by atoms with Crippen molar-refractivity contribution in [1.82, 2.24) is 0 Å². The van der Waals surface area contributed by atoms with E-state index in [2.05, 4.69) is 5.32 Å². The first-order valence-corrected chi connectivity index (χ1v) is 8.41. The molecule has 1 fully saturated rings. The van der Waals surface area contributed by atoms with Crippen LogP contribution in [0.25, 0.3) is 0 Å². The molecule has 0 spiro atoms. The van der Waals surface area contributed by atoms with Gasteiger partial charge in [0.25, 0.3) is 0 Å². The lowest BCUT2D eigenvalue weighted by molar-refractivity contribution is -0.117. The number of aryl methyl sites for hydroxylation is 1. The number of benzene rings is 2. The largest absolute Gasteiger partial charge is 0.326 e. The van der Waals surface area contributed by atoms with Crippen LogP contribution in [-0.4, -0.2) is 17.9 Å². The number of hydrogen-bond acceptors (Lipinski definition) is 2. The molecule has 0 aromatic heterocycles. The van der Waals surface area contributed by atoms with Crippen molar-refractivity contribution in [3.05, 3.63) is 59.4 Å². The highest BCUT2D eigenvalue weighted by Gasteiger charge is 2.28. The summed E-state index contributed by atoms with van der Waals surface area (Å²) in [5.41, 5.74) is 2.69. The van der Waals surface area contributed by atoms with Crippen LogP contribution >= 0.6 is 0 Å². The van der Waals surface area contributed by atoms with E-state index < -0.39 is 0 Å². The number of hydrogen-bond donors (Lipinski definition) is 1. The Hall–Kier alpha value is -2.69. The van der Waals surface area contributed by atoms with Crippen LogP contribution in [0.2, 0.25) is 0 Å². The van der Waals surface area contributed by atoms with Gasteiger partial charge in [-0.1, -0.05) is 12.1 Å². The first-order chi connectivity index (χ1) is 11.9. The van der Waals surface area contributed by atoms with E-state index in [1.165, 1.54) is 6.07 Å². The normalized spacial score (nSPS) is 17.0. The van der Waals surface area contributed by atoms with Crippen LogP contribution < -0.4 is 10.2 Å². The molecule has 2 aromatic carbocycles. The Morgan fingerprint density at radius 1 is 1.24 bits per heavy atom. The fourth-order valence-corrected chi connectivity index (χ4v) is 3.07. The Balaban J connectivity index is 1.63. The Labute approximate surface area is 146 Å². The maximum Gasteiger partial charge on any atom is 0.228 e. The fraction of sp³-hybridized carbons (Fsp3) is 0.300. The van der Waals surface area contributed by atoms with Crippen LogP contribution in [-0.2, 0) is 16.0 Å². The van der Waals surface area contributed by atoms with Gasteiger partial charge in [-0.05, 0) is 61.7 Å². The lowest BCUT2D eigenvalue weighted by atomic mass is 10.1. The second kappa shape index (κ2) is 7.05. The fourth-order valence-electron chi connectivity index (χ4n) is 3.07. The summed E-state index contributed by atoms with van der Waals surface area (Å²) in [5.74, 6) is -0.383. The second-order valence-electron chi connectivity index (χ2n) is 6.51. The molecule has 1 saturated heterocycles. The molecular weight excluding hydrogens is 319 g/mol. The number of anilines is 2. The van der Waals surface area contributed by atoms with Gasteiger partial charge in [0.2, 0.25) is 11.8 Å². The average Bonchev–Trinajstić information content (AvgIpc) is 2.91. The summed E-state index contributed by atoms with van der Waals surface area (Å²) < 4.78 is 13.5. The number of carbonyl (C=O) groups is 2. The first-order valence-electron chi connectivity index (χ1n) is 8.41. The van der Waals surface area contributed by atoms with Crippen LogP contribution in [0, 0.1) is 12.7 Å². The van der Waals surface area contributed by atoms with E-state index in [-0.39, 0.29) is 30.1 Å². The van der Waals surface area contributed by atoms with Crippen molar-refractivity contribution in [2.24, 2.45) is 0 Å². The highest BCUT2D eigenvalue weighted by molar-refractivity contribution is 5.97. The van der Waals surface area contributed by atoms with Crippen LogP contribution in [0.3, 0.4) is 0 Å². The van der Waals surface area contributed by atoms with E-state index in [4.69, 9.17) is 0 Å². The molecule has 1 N–H and O–H groups in total. The summed E-state index contributed by atoms with van der Waals surface area (Å²) in [6.07, 6.45) is 1.55. The molecule has 5 heteroatoms. The molecule has 2 aromatic rings. The number of amides is 2. The van der Waals surface area contributed by atoms with Gasteiger partial charge in [0.05, 0.1) is 6.42 Å². The number of carbonyl (C=O) groups excluding carboxylic acids is 2. The van der Waals surface area contributed by atoms with E-state index in [1.807, 2.05) is 19.1 Å². The molecule has 3 rings (SSSR count). The molecule has 1 aliphatic heterocycles. The minimum Gasteiger partial charge on any atom is -0.326 e. The summed E-state index contributed by atoms with van der Waals surface area (Å²) in [6.45, 7) is 3.72. The molecule has 1 heterocycles. The highest BCUT2D eigenvalue weighted by atomic mass is 19.1. The van der Waals surface area contributed by atoms with Crippen LogP contribution in [0.1, 0.15) is 30.9 Å². The van der Waals surface area contributed by atoms with Crippen molar-refractivity contribution in [2.75, 3.05) is 10.2 Å². The number of rotatable bonds is 4. The Kier molecular flexibility index (Phi) is 4.83. The van der Waals surface area contributed by atoms with Crippen LogP contribution in [0.5, 0.6) is 0 Å². The third-order valence-electron chi connectivity index (χ3n) is 4.52. The number of halogens is 1. The van der Waals surface area contributed by atoms with Gasteiger partial charge in [-0.15, -0.1) is 0 Å². The van der Waals surface area contributed by atoms with E-state index in [1.54, 1.807) is 36.1 Å². The average molecular weight is 340 g/mol. The van der Waals surface area contributed by atoms with Gasteiger partial charge in [-0.2, -0.15) is 0 Å². The number of nitrogens with one attached hydrogen (secondary N) is 1. The molecule has 130 valence electrons. The molecule has 0 aliphatic carbocycles. The summed E-state index contributed by atoms with van der Waals surface area (Å²) >= 11 is 0. The Bertz CT molecular complexity index is 802. The molecule has 1 aliphatic rings. The third-order valence-corrected chi connectivity index (χ3v) is 4.52. The molecule has 2 amide bonds. The summed E-state index contributed by atoms with van der Waals surface area (Å²) in [4.78, 5) is 25.8. The zero-order chi connectivity index (χ0) is 18.0. The monoisotopic (exact) mass is 340 g/mol. The maximum atomic E-state index is 13.5. The van der Waals surface area contributed by atoms with Gasteiger partial charge >= 0.3 is 0 Å². The van der Waals surface area contributed by atoms with Crippen molar-refractivity contribution < 1.29 is 14.0 Å². The summed E-state index contributed by atoms with van der Waals surface area (Å²) in [6, 6.07) is 12.2. The minimum absolute atomic E-state index is 0.112. The predicted octanol–water partition coefficient (Wildman–Crippen LogP) is 3.83. The van der Waals surface area contributed by atoms with Gasteiger partial charge in [-0.3, -0.25) is 9.59 Å². The van der Waals surface area contributed by atoms with Crippen molar-refractivity contribution in [3.8, 4) is 0 Å². The second-order valence-corrected chi connectivity index (χ2v) is 6.51. The molecule has 25 heavy (non-hydrogen) atoms. The summed E-state index contributed by atoms with van der Waals surface area (Å²) in [7, 11) is 0. The number of nitrogens with zero attached hydrogens (tertiary/aromatic N) is 1. The van der Waals surface area contributed by atoms with Crippen molar-refractivity contribution in [2.45, 2.75) is 39.2 Å². The Morgan fingerprint density at radius 3 is 2.56 bits per heavy atom. The lowest BCUT2D eigenvalue weighted by Crippen LogP contribution is -2.30. The van der Waals surface area contributed by atoms with Gasteiger partial charge in [0, 0.05) is 23.8 Å². The standard InChI is InChI=1S/C20H21FN2O2/c1-13-3-5-15(11-18(13)21)12-19(24)22-16-6-8-17(9-7-16)23-14(2)4-10-20(23)25/h3,5-9,11,14H,4,10,12H2,1-2H3,(H,22,24)/t14-/m0/s1. The smallest absolute Gasteiger partial charge is 0.228 e. The molecular formula is C20H21FN2O2. The topological polar surface area (TPSA) is 49.4 Å². The van der Waals surface area contributed by atoms with Gasteiger partial charge in [0.1, 0.15) is 5.82 Å². The van der Waals surface area contributed by atoms with E-state index >= 15 is 0 Å². The quantitative estimate of drug-likeness (QED) is 0.919. The third kappa shape index (κ3) is 3.87. The first kappa shape index (κ1) is 17.1. The van der Waals surface area contributed by atoms with Gasteiger partial charge in [0.15, 0.2) is 0 Å². The molecule has 0 bridgehead atoms. The summed E-state index contributed by atoms with van der Waals surface area (Å²) in [5, 5.41) is 2.80. The molecule has 4 nitrogen and oxygen atoms in total. The molecule has 1 atom stereocenters. The Morgan fingerprint density at radius 2 is 1.96 bits per heavy atom. The van der Waals surface area contributed by atoms with Crippen LogP contribution in [0.15, 0.2) is 42.5 Å². The van der Waals surface area contributed by atoms with Gasteiger partial charge in [-0.25, -0.2) is 4.39 Å². The lowest BCUT2D eigenvalue weighted by Gasteiger charge is -2.22. The van der Waals surface area contributed by atoms with Crippen molar-refractivity contribution >= 4 is 23.2 Å². The van der Waals surface area contributed by atoms with Gasteiger partial charge < -0.3 is 10.2 Å². The molecule has 0 unspecified atom stereocenters. The highest BCUT2D eigenvalue weighted by Crippen LogP contribution is 2.27. The zero-order valence-electron chi connectivity index (χ0n) is 14.4. The molecule has 0 radical (unpaired) electrons. The molecule has 0 saturated carbocycles. The maximum absolute atomic E-state index is 13.5. The van der Waals surface area contributed by atoms with E-state index in [0.29, 0.717) is 23.2 Å². The zero-order valence-corrected chi connectivity index (χ0v) is 14.4. The van der Waals surface area contributed by atoms with Crippen molar-refractivity contribution in [1.29, 1.82) is 0 Å². The minimum atomic E-state index is -0.306. The van der Waals surface area contributed by atoms with E-state index in [0.717, 1.165) is 12.1 Å². The van der Waals surface area contributed by atoms with E-state index in [9.17, 15) is 14.0 Å².